The summed E-state index contributed by atoms with van der Waals surface area (Å²) in [6, 6.07) is 19.3. The second-order valence-electron chi connectivity index (χ2n) is 7.52. The summed E-state index contributed by atoms with van der Waals surface area (Å²) >= 11 is 0. The van der Waals surface area contributed by atoms with Crippen LogP contribution in [-0.4, -0.2) is 34.0 Å². The molecule has 0 saturated carbocycles. The van der Waals surface area contributed by atoms with Crippen molar-refractivity contribution in [3.63, 3.8) is 0 Å². The van der Waals surface area contributed by atoms with Crippen LogP contribution < -0.4 is 19.3 Å². The lowest BCUT2D eigenvalue weighted by Crippen LogP contribution is -2.53. The highest BCUT2D eigenvalue weighted by Gasteiger charge is 2.43. The maximum Gasteiger partial charge on any atom is 0.343 e. The maximum atomic E-state index is 13.4. The average molecular weight is 466 g/mol. The number of fused-ring (bicyclic) bond motifs is 1. The van der Waals surface area contributed by atoms with Gasteiger partial charge in [-0.3, -0.25) is 9.69 Å². The van der Waals surface area contributed by atoms with Crippen LogP contribution in [0.3, 0.4) is 0 Å². The Morgan fingerprint density at radius 2 is 1.58 bits per heavy atom. The molecule has 8 nitrogen and oxygen atoms in total. The predicted octanol–water partition coefficient (Wildman–Crippen LogP) is 3.46. The van der Waals surface area contributed by atoms with Crippen LogP contribution in [0.1, 0.15) is 11.1 Å². The van der Waals surface area contributed by atoms with Gasteiger partial charge in [-0.05, 0) is 48.4 Å². The summed E-state index contributed by atoms with van der Waals surface area (Å²) in [5.74, 6) is 0.288. The number of nitrogens with zero attached hydrogens (tertiary/aromatic N) is 2. The molecule has 3 amide bonds. The van der Waals surface area contributed by atoms with E-state index in [1.54, 1.807) is 62.6 Å². The summed E-state index contributed by atoms with van der Waals surface area (Å²) in [5.41, 5.74) is 1.91. The molecule has 1 aliphatic rings. The van der Waals surface area contributed by atoms with E-state index < -0.39 is 22.0 Å². The third-order valence-corrected chi connectivity index (χ3v) is 7.10. The molecule has 170 valence electrons. The number of anilines is 2. The quantitative estimate of drug-likeness (QED) is 0.602. The summed E-state index contributed by atoms with van der Waals surface area (Å²) in [4.78, 5) is 27.3. The summed E-state index contributed by atoms with van der Waals surface area (Å²) in [7, 11) is -2.57. The first-order valence-corrected chi connectivity index (χ1v) is 11.7. The Balaban J connectivity index is 1.62. The molecule has 1 N–H and O–H groups in total. The van der Waals surface area contributed by atoms with Gasteiger partial charge in [0.05, 0.1) is 18.5 Å². The van der Waals surface area contributed by atoms with Gasteiger partial charge >= 0.3 is 6.03 Å². The number of sulfonamides is 1. The lowest BCUT2D eigenvalue weighted by atomic mass is 10.2. The summed E-state index contributed by atoms with van der Waals surface area (Å²) in [6.07, 6.45) is 0. The van der Waals surface area contributed by atoms with Crippen LogP contribution in [0.15, 0.2) is 77.7 Å². The van der Waals surface area contributed by atoms with Gasteiger partial charge in [0.25, 0.3) is 10.0 Å². The Kier molecular flexibility index (Phi) is 6.06. The smallest absolute Gasteiger partial charge is 0.343 e. The SMILES string of the molecule is COc1ccc(CNC(=O)CN2C(=O)N(c3ccccc3C)S(=O)(=O)c3ccccc32)cc1. The van der Waals surface area contributed by atoms with E-state index in [2.05, 4.69) is 5.32 Å². The Morgan fingerprint density at radius 3 is 2.24 bits per heavy atom. The van der Waals surface area contributed by atoms with Crippen molar-refractivity contribution >= 4 is 33.3 Å². The summed E-state index contributed by atoms with van der Waals surface area (Å²) in [5, 5.41) is 2.78. The molecule has 0 aliphatic carbocycles. The fraction of sp³-hybridized carbons (Fsp3) is 0.167. The Morgan fingerprint density at radius 1 is 0.939 bits per heavy atom. The molecule has 9 heteroatoms. The molecule has 3 aromatic rings. The van der Waals surface area contributed by atoms with Gasteiger partial charge in [0.1, 0.15) is 17.2 Å². The Bertz CT molecular complexity index is 1310. The number of ether oxygens (including phenoxy) is 1. The van der Waals surface area contributed by atoms with Crippen LogP contribution in [0.25, 0.3) is 0 Å². The number of hydrogen-bond acceptors (Lipinski definition) is 5. The first kappa shape index (κ1) is 22.3. The van der Waals surface area contributed by atoms with Crippen molar-refractivity contribution in [3.05, 3.63) is 83.9 Å². The van der Waals surface area contributed by atoms with Crippen LogP contribution in [0, 0.1) is 6.92 Å². The van der Waals surface area contributed by atoms with Crippen molar-refractivity contribution in [2.45, 2.75) is 18.4 Å². The molecule has 0 aromatic heterocycles. The van der Waals surface area contributed by atoms with Gasteiger partial charge in [0.2, 0.25) is 5.91 Å². The second kappa shape index (κ2) is 8.95. The molecular weight excluding hydrogens is 442 g/mol. The van der Waals surface area contributed by atoms with E-state index in [0.29, 0.717) is 11.3 Å². The molecular formula is C24H23N3O5S. The van der Waals surface area contributed by atoms with Crippen molar-refractivity contribution in [1.29, 1.82) is 0 Å². The average Bonchev–Trinajstić information content (AvgIpc) is 2.82. The van der Waals surface area contributed by atoms with Gasteiger partial charge in [-0.25, -0.2) is 13.2 Å². The number of carbonyl (C=O) groups is 2. The molecule has 0 fully saturated rings. The molecule has 1 heterocycles. The Hall–Kier alpha value is -3.85. The first-order valence-electron chi connectivity index (χ1n) is 10.2. The van der Waals surface area contributed by atoms with E-state index in [-0.39, 0.29) is 29.4 Å². The number of hydrogen-bond donors (Lipinski definition) is 1. The number of aryl methyl sites for hydroxylation is 1. The first-order chi connectivity index (χ1) is 15.8. The van der Waals surface area contributed by atoms with Crippen molar-refractivity contribution in [2.24, 2.45) is 0 Å². The zero-order valence-corrected chi connectivity index (χ0v) is 19.0. The third-order valence-electron chi connectivity index (χ3n) is 5.36. The van der Waals surface area contributed by atoms with Gasteiger partial charge in [-0.15, -0.1) is 0 Å². The van der Waals surface area contributed by atoms with Crippen molar-refractivity contribution in [2.75, 3.05) is 22.9 Å². The highest BCUT2D eigenvalue weighted by Crippen LogP contribution is 2.37. The molecule has 0 unspecified atom stereocenters. The van der Waals surface area contributed by atoms with E-state index in [1.807, 2.05) is 12.1 Å². The molecule has 0 bridgehead atoms. The molecule has 0 spiro atoms. The van der Waals surface area contributed by atoms with Crippen LogP contribution in [0.4, 0.5) is 16.2 Å². The van der Waals surface area contributed by atoms with Crippen molar-refractivity contribution in [1.82, 2.24) is 5.32 Å². The van der Waals surface area contributed by atoms with Gasteiger partial charge in [-0.2, -0.15) is 4.31 Å². The van der Waals surface area contributed by atoms with Gasteiger partial charge < -0.3 is 10.1 Å². The van der Waals surface area contributed by atoms with Crippen molar-refractivity contribution in [3.8, 4) is 5.75 Å². The van der Waals surface area contributed by atoms with Gasteiger partial charge in [0.15, 0.2) is 0 Å². The van der Waals surface area contributed by atoms with E-state index in [4.69, 9.17) is 4.74 Å². The molecule has 0 radical (unpaired) electrons. The standard InChI is InChI=1S/C24H23N3O5S/c1-17-7-3-4-8-20(17)27-24(29)26(21-9-5-6-10-22(21)33(27,30)31)16-23(28)25-15-18-11-13-19(32-2)14-12-18/h3-14H,15-16H2,1-2H3,(H,25,28). The van der Waals surface area contributed by atoms with E-state index in [1.165, 1.54) is 17.0 Å². The summed E-state index contributed by atoms with van der Waals surface area (Å²) in [6.45, 7) is 1.65. The van der Waals surface area contributed by atoms with E-state index in [0.717, 1.165) is 9.87 Å². The largest absolute Gasteiger partial charge is 0.497 e. The van der Waals surface area contributed by atoms with E-state index in [9.17, 15) is 18.0 Å². The van der Waals surface area contributed by atoms with Crippen LogP contribution >= 0.6 is 0 Å². The molecule has 3 aromatic carbocycles. The molecule has 4 rings (SSSR count). The van der Waals surface area contributed by atoms with Crippen LogP contribution in [0.2, 0.25) is 0 Å². The zero-order valence-electron chi connectivity index (χ0n) is 18.2. The molecule has 0 atom stereocenters. The predicted molar refractivity (Wildman–Crippen MR) is 125 cm³/mol. The van der Waals surface area contributed by atoms with Crippen molar-refractivity contribution < 1.29 is 22.7 Å². The Labute approximate surface area is 192 Å². The minimum atomic E-state index is -4.14. The van der Waals surface area contributed by atoms with Crippen LogP contribution in [-0.2, 0) is 21.4 Å². The third kappa shape index (κ3) is 4.27. The number of methoxy groups -OCH3 is 1. The zero-order chi connectivity index (χ0) is 23.6. The summed E-state index contributed by atoms with van der Waals surface area (Å²) < 4.78 is 32.6. The number of urea groups is 1. The molecule has 0 saturated heterocycles. The number of benzene rings is 3. The highest BCUT2D eigenvalue weighted by molar-refractivity contribution is 7.94. The maximum absolute atomic E-state index is 13.4. The normalized spacial score (nSPS) is 14.5. The molecule has 1 aliphatic heterocycles. The second-order valence-corrected chi connectivity index (χ2v) is 9.27. The fourth-order valence-corrected chi connectivity index (χ4v) is 5.29. The monoisotopic (exact) mass is 465 g/mol. The lowest BCUT2D eigenvalue weighted by Gasteiger charge is -2.36. The number of rotatable bonds is 6. The van der Waals surface area contributed by atoms with Crippen LogP contribution in [0.5, 0.6) is 5.75 Å². The minimum Gasteiger partial charge on any atom is -0.497 e. The highest BCUT2D eigenvalue weighted by atomic mass is 32.2. The van der Waals surface area contributed by atoms with E-state index >= 15 is 0 Å². The lowest BCUT2D eigenvalue weighted by molar-refractivity contribution is -0.119. The number of carbonyl (C=O) groups excluding carboxylic acids is 2. The topological polar surface area (TPSA) is 96.0 Å². The molecule has 33 heavy (non-hydrogen) atoms. The number of amides is 3. The number of nitrogens with one attached hydrogen (secondary N) is 1. The van der Waals surface area contributed by atoms with Gasteiger partial charge in [0, 0.05) is 6.54 Å². The minimum absolute atomic E-state index is 0.0317. The van der Waals surface area contributed by atoms with Gasteiger partial charge in [-0.1, -0.05) is 42.5 Å². The fourth-order valence-electron chi connectivity index (χ4n) is 3.63. The number of para-hydroxylation sites is 2.